The summed E-state index contributed by atoms with van der Waals surface area (Å²) in [5.74, 6) is 0.210. The topological polar surface area (TPSA) is 59.3 Å². The van der Waals surface area contributed by atoms with Gasteiger partial charge in [0.15, 0.2) is 6.61 Å². The molecule has 0 bridgehead atoms. The van der Waals surface area contributed by atoms with Crippen LogP contribution in [0.1, 0.15) is 26.3 Å². The molecule has 0 aliphatic rings. The Morgan fingerprint density at radius 3 is 2.42 bits per heavy atom. The third-order valence-electron chi connectivity index (χ3n) is 2.68. The van der Waals surface area contributed by atoms with Gasteiger partial charge in [0, 0.05) is 5.57 Å². The Hall–Kier alpha value is -2.28. The predicted molar refractivity (Wildman–Crippen MR) is 72.5 cm³/mol. The molecular weight excluding hydrogens is 242 g/mol. The molecule has 0 N–H and O–H groups in total. The van der Waals surface area contributed by atoms with Crippen molar-refractivity contribution in [1.29, 1.82) is 5.26 Å². The fourth-order valence-corrected chi connectivity index (χ4v) is 1.45. The summed E-state index contributed by atoms with van der Waals surface area (Å²) in [6.07, 6.45) is 0. The van der Waals surface area contributed by atoms with Crippen molar-refractivity contribution in [3.05, 3.63) is 35.4 Å². The fourth-order valence-electron chi connectivity index (χ4n) is 1.45. The molecule has 19 heavy (non-hydrogen) atoms. The van der Waals surface area contributed by atoms with E-state index >= 15 is 0 Å². The van der Waals surface area contributed by atoms with Crippen LogP contribution in [0.2, 0.25) is 0 Å². The maximum absolute atomic E-state index is 11.1. The highest BCUT2D eigenvalue weighted by Gasteiger charge is 2.04. The molecular formula is C15H17NO3. The van der Waals surface area contributed by atoms with Gasteiger partial charge >= 0.3 is 5.97 Å². The molecule has 0 spiro atoms. The molecule has 0 heterocycles. The molecule has 0 aliphatic carbocycles. The van der Waals surface area contributed by atoms with Crippen molar-refractivity contribution in [3.8, 4) is 11.8 Å². The molecule has 1 aromatic carbocycles. The van der Waals surface area contributed by atoms with Crippen molar-refractivity contribution in [1.82, 2.24) is 0 Å². The first-order valence-corrected chi connectivity index (χ1v) is 6.05. The first-order chi connectivity index (χ1) is 9.08. The molecule has 4 heteroatoms. The Morgan fingerprint density at radius 2 is 1.89 bits per heavy atom. The molecule has 0 saturated carbocycles. The molecule has 0 unspecified atom stereocenters. The minimum atomic E-state index is -0.386. The van der Waals surface area contributed by atoms with E-state index in [0.717, 1.165) is 11.1 Å². The summed E-state index contributed by atoms with van der Waals surface area (Å²) >= 11 is 0. The first-order valence-electron chi connectivity index (χ1n) is 6.05. The van der Waals surface area contributed by atoms with Crippen LogP contribution in [0.15, 0.2) is 29.8 Å². The van der Waals surface area contributed by atoms with Gasteiger partial charge in [0.05, 0.1) is 12.7 Å². The Bertz CT molecular complexity index is 509. The molecule has 4 nitrogen and oxygen atoms in total. The highest BCUT2D eigenvalue weighted by molar-refractivity contribution is 5.71. The number of carbonyl (C=O) groups excluding carboxylic acids is 1. The molecule has 0 aromatic heterocycles. The molecule has 0 amide bonds. The maximum Gasteiger partial charge on any atom is 0.344 e. The van der Waals surface area contributed by atoms with Gasteiger partial charge in [-0.3, -0.25) is 0 Å². The Balaban J connectivity index is 2.68. The Labute approximate surface area is 113 Å². The summed E-state index contributed by atoms with van der Waals surface area (Å²) in [7, 11) is 0. The van der Waals surface area contributed by atoms with E-state index in [1.807, 2.05) is 19.1 Å². The number of ether oxygens (including phenoxy) is 2. The summed E-state index contributed by atoms with van der Waals surface area (Å²) < 4.78 is 10.1. The number of rotatable bonds is 5. The lowest BCUT2D eigenvalue weighted by Crippen LogP contribution is -2.14. The summed E-state index contributed by atoms with van der Waals surface area (Å²) in [5, 5.41) is 8.83. The second kappa shape index (κ2) is 7.22. The van der Waals surface area contributed by atoms with Crippen molar-refractivity contribution >= 4 is 11.5 Å². The zero-order valence-corrected chi connectivity index (χ0v) is 11.4. The van der Waals surface area contributed by atoms with E-state index in [0.29, 0.717) is 17.9 Å². The summed E-state index contributed by atoms with van der Waals surface area (Å²) in [6, 6.07) is 9.37. The standard InChI is InChI=1S/C15H17NO3/c1-4-18-15(17)10-19-14-7-5-13(6-8-14)12(3)11(2)9-16/h5-8H,4,10H2,1-3H3/b12-11+. The average Bonchev–Trinajstić information content (AvgIpc) is 2.44. The van der Waals surface area contributed by atoms with Crippen LogP contribution < -0.4 is 4.74 Å². The lowest BCUT2D eigenvalue weighted by molar-refractivity contribution is -0.145. The fraction of sp³-hybridized carbons (Fsp3) is 0.333. The number of carbonyl (C=O) groups is 1. The molecule has 100 valence electrons. The number of benzene rings is 1. The van der Waals surface area contributed by atoms with Crippen LogP contribution in [0.3, 0.4) is 0 Å². The van der Waals surface area contributed by atoms with E-state index in [1.165, 1.54) is 0 Å². The quantitative estimate of drug-likeness (QED) is 0.602. The number of allylic oxidation sites excluding steroid dienone is 2. The highest BCUT2D eigenvalue weighted by atomic mass is 16.6. The second-order valence-corrected chi connectivity index (χ2v) is 3.98. The van der Waals surface area contributed by atoms with Crippen LogP contribution in [-0.2, 0) is 9.53 Å². The molecule has 0 aliphatic heterocycles. The van der Waals surface area contributed by atoms with Gasteiger partial charge in [-0.25, -0.2) is 4.79 Å². The minimum absolute atomic E-state index is 0.0980. The summed E-state index contributed by atoms with van der Waals surface area (Å²) in [4.78, 5) is 11.1. The Kier molecular flexibility index (Phi) is 5.62. The van der Waals surface area contributed by atoms with Gasteiger partial charge in [-0.1, -0.05) is 12.1 Å². The van der Waals surface area contributed by atoms with Crippen molar-refractivity contribution in [3.63, 3.8) is 0 Å². The van der Waals surface area contributed by atoms with Crippen LogP contribution in [0.5, 0.6) is 5.75 Å². The van der Waals surface area contributed by atoms with Crippen molar-refractivity contribution in [2.75, 3.05) is 13.2 Å². The van der Waals surface area contributed by atoms with Gasteiger partial charge in [0.25, 0.3) is 0 Å². The SMILES string of the molecule is CCOC(=O)COc1ccc(/C(C)=C(\C)C#N)cc1. The van der Waals surface area contributed by atoms with Crippen LogP contribution in [0.25, 0.3) is 5.57 Å². The third kappa shape index (κ3) is 4.47. The monoisotopic (exact) mass is 259 g/mol. The van der Waals surface area contributed by atoms with Crippen molar-refractivity contribution < 1.29 is 14.3 Å². The van der Waals surface area contributed by atoms with E-state index in [4.69, 9.17) is 14.7 Å². The summed E-state index contributed by atoms with van der Waals surface area (Å²) in [6.45, 7) is 5.67. The predicted octanol–water partition coefficient (Wildman–Crippen LogP) is 2.95. The number of nitrogens with zero attached hydrogens (tertiary/aromatic N) is 1. The molecule has 1 rings (SSSR count). The van der Waals surface area contributed by atoms with Crippen molar-refractivity contribution in [2.45, 2.75) is 20.8 Å². The molecule has 0 saturated heterocycles. The van der Waals surface area contributed by atoms with Gasteiger partial charge in [-0.15, -0.1) is 0 Å². The maximum atomic E-state index is 11.1. The first kappa shape index (κ1) is 14.8. The van der Waals surface area contributed by atoms with E-state index < -0.39 is 0 Å². The van der Waals surface area contributed by atoms with Gasteiger partial charge in [-0.05, 0) is 44.0 Å². The van der Waals surface area contributed by atoms with E-state index in [1.54, 1.807) is 26.0 Å². The highest BCUT2D eigenvalue weighted by Crippen LogP contribution is 2.20. The van der Waals surface area contributed by atoms with Gasteiger partial charge < -0.3 is 9.47 Å². The van der Waals surface area contributed by atoms with E-state index in [2.05, 4.69) is 6.07 Å². The molecule has 0 atom stereocenters. The largest absolute Gasteiger partial charge is 0.482 e. The number of esters is 1. The van der Waals surface area contributed by atoms with Gasteiger partial charge in [0.2, 0.25) is 0 Å². The number of hydrogen-bond acceptors (Lipinski definition) is 4. The van der Waals surface area contributed by atoms with Gasteiger partial charge in [0.1, 0.15) is 5.75 Å². The second-order valence-electron chi connectivity index (χ2n) is 3.98. The van der Waals surface area contributed by atoms with Crippen LogP contribution >= 0.6 is 0 Å². The lowest BCUT2D eigenvalue weighted by Gasteiger charge is -2.07. The normalized spacial score (nSPS) is 11.3. The van der Waals surface area contributed by atoms with Gasteiger partial charge in [-0.2, -0.15) is 5.26 Å². The number of nitriles is 1. The van der Waals surface area contributed by atoms with E-state index in [9.17, 15) is 4.79 Å². The van der Waals surface area contributed by atoms with Crippen LogP contribution in [0.4, 0.5) is 0 Å². The zero-order valence-electron chi connectivity index (χ0n) is 11.4. The van der Waals surface area contributed by atoms with Crippen molar-refractivity contribution in [2.24, 2.45) is 0 Å². The third-order valence-corrected chi connectivity index (χ3v) is 2.68. The molecule has 0 fully saturated rings. The minimum Gasteiger partial charge on any atom is -0.482 e. The molecule has 1 aromatic rings. The number of hydrogen-bond donors (Lipinski definition) is 0. The van der Waals surface area contributed by atoms with Crippen LogP contribution in [0, 0.1) is 11.3 Å². The Morgan fingerprint density at radius 1 is 1.26 bits per heavy atom. The molecule has 0 radical (unpaired) electrons. The van der Waals surface area contributed by atoms with Crippen LogP contribution in [-0.4, -0.2) is 19.2 Å². The lowest BCUT2D eigenvalue weighted by atomic mass is 10.0. The summed E-state index contributed by atoms with van der Waals surface area (Å²) in [5.41, 5.74) is 2.57. The van der Waals surface area contributed by atoms with E-state index in [-0.39, 0.29) is 12.6 Å². The smallest absolute Gasteiger partial charge is 0.344 e. The average molecular weight is 259 g/mol. The zero-order chi connectivity index (χ0) is 14.3.